The van der Waals surface area contributed by atoms with Gasteiger partial charge in [0, 0.05) is 0 Å². The number of rotatable bonds is 2. The fraction of sp³-hybridized carbons (Fsp3) is 0. The van der Waals surface area contributed by atoms with Crippen LogP contribution in [0, 0.1) is 0 Å². The lowest BCUT2D eigenvalue weighted by Gasteiger charge is -2.26. The average Bonchev–Trinajstić information content (AvgIpc) is 3.92. The van der Waals surface area contributed by atoms with Crippen LogP contribution in [0.1, 0.15) is 0 Å². The maximum Gasteiger partial charge on any atom is -0.000696 e. The van der Waals surface area contributed by atoms with Gasteiger partial charge in [-0.05, 0) is 247 Å². The van der Waals surface area contributed by atoms with Crippen LogP contribution in [0.3, 0.4) is 0 Å². The average molecular weight is 949 g/mol. The Kier molecular flexibility index (Phi) is 6.24. The number of benzene rings is 20. The van der Waals surface area contributed by atoms with Crippen LogP contribution in [0.25, 0.3) is 217 Å². The summed E-state index contributed by atoms with van der Waals surface area (Å²) in [6.45, 7) is 0. The first-order valence-corrected chi connectivity index (χ1v) is 26.9. The van der Waals surface area contributed by atoms with Crippen molar-refractivity contribution in [2.24, 2.45) is 0 Å². The van der Waals surface area contributed by atoms with Crippen molar-refractivity contribution in [1.82, 2.24) is 0 Å². The Morgan fingerprint density at radius 2 is 0.461 bits per heavy atom. The van der Waals surface area contributed by atoms with E-state index in [0.29, 0.717) is 0 Å². The zero-order valence-electron chi connectivity index (χ0n) is 40.8. The van der Waals surface area contributed by atoms with Crippen LogP contribution < -0.4 is 0 Å². The second-order valence-electron chi connectivity index (χ2n) is 22.4. The molecule has 0 aliphatic heterocycles. The lowest BCUT2D eigenvalue weighted by molar-refractivity contribution is 1.69. The second kappa shape index (κ2) is 12.5. The van der Waals surface area contributed by atoms with Crippen LogP contribution in [0.4, 0.5) is 0 Å². The summed E-state index contributed by atoms with van der Waals surface area (Å²) in [4.78, 5) is 0. The third kappa shape index (κ3) is 4.15. The van der Waals surface area contributed by atoms with E-state index in [1.54, 1.807) is 0 Å². The zero-order valence-corrected chi connectivity index (χ0v) is 40.8. The molecule has 0 spiro atoms. The summed E-state index contributed by atoms with van der Waals surface area (Å²) in [5, 5.41) is 42.6. The first-order valence-electron chi connectivity index (χ1n) is 26.9. The fourth-order valence-corrected chi connectivity index (χ4v) is 16.2. The molecule has 0 N–H and O–H groups in total. The molecule has 340 valence electrons. The molecule has 0 saturated heterocycles. The minimum absolute atomic E-state index is 1.25. The van der Waals surface area contributed by atoms with Crippen molar-refractivity contribution in [2.45, 2.75) is 0 Å². The van der Waals surface area contributed by atoms with E-state index in [9.17, 15) is 0 Å². The number of hydrogen-bond acceptors (Lipinski definition) is 0. The largest absolute Gasteiger partial charge is 0.0616 e. The molecule has 0 atom stereocenters. The van der Waals surface area contributed by atoms with E-state index in [4.69, 9.17) is 0 Å². The Bertz CT molecular complexity index is 5930. The lowest BCUT2D eigenvalue weighted by atomic mass is 9.76. The second-order valence-corrected chi connectivity index (χ2v) is 22.4. The van der Waals surface area contributed by atoms with Gasteiger partial charge < -0.3 is 0 Å². The minimum atomic E-state index is 1.25. The molecule has 20 aromatic rings. The molecule has 0 saturated carbocycles. The molecule has 0 radical (unpaired) electrons. The molecule has 0 amide bonds. The van der Waals surface area contributed by atoms with Gasteiger partial charge in [0.2, 0.25) is 0 Å². The molecular weight excluding hydrogens is 913 g/mol. The number of hydrogen-bond donors (Lipinski definition) is 0. The van der Waals surface area contributed by atoms with Gasteiger partial charge in [-0.25, -0.2) is 0 Å². The monoisotopic (exact) mass is 948 g/mol. The van der Waals surface area contributed by atoms with Gasteiger partial charge in [-0.15, -0.1) is 0 Å². The fourth-order valence-electron chi connectivity index (χ4n) is 16.2. The van der Waals surface area contributed by atoms with E-state index >= 15 is 0 Å². The molecule has 0 heterocycles. The standard InChI is InChI=1S/C76H36/c1-2-7-46-33-58-57(32-45(46)6-1)71(55-35-48-26-24-41-18-14-37-12-16-39-20-22-43-28-30-52(55)73-66(43)62(39)60(37)64(41)68(48)73)75-54-11-5-10-51-50-9-4-3-8-47(50)34-59(70(51)54)76(75)72(58)56-36-49-27-25-42-19-15-38-13-17-40-21-23-44-29-31-53(56)74-67(44)63(40)61(38)65(42)69(49)74/h1-36H. The number of fused-ring (bicyclic) bond motifs is 7. The molecule has 0 bridgehead atoms. The maximum atomic E-state index is 2.58. The van der Waals surface area contributed by atoms with Crippen molar-refractivity contribution >= 4 is 172 Å². The molecule has 0 heteroatoms. The SMILES string of the molecule is c1ccc2cc3c(-c4cc5ccc6ccc7ccc8ccc9ccc4c4c9c8c7c6c54)c4c(c(-c5cc6ccc7ccc8ccc9ccc%10ccc5c5c%10c9c8c7c65)c3cc2c1)-c1cccc2c1c-4cc1ccccc12. The Hall–Kier alpha value is -9.88. The molecular formula is C76H36. The van der Waals surface area contributed by atoms with Gasteiger partial charge in [0.05, 0.1) is 0 Å². The highest BCUT2D eigenvalue weighted by Gasteiger charge is 2.34. The van der Waals surface area contributed by atoms with Crippen molar-refractivity contribution < 1.29 is 0 Å². The van der Waals surface area contributed by atoms with Gasteiger partial charge in [0.15, 0.2) is 0 Å². The van der Waals surface area contributed by atoms with Crippen molar-refractivity contribution in [2.75, 3.05) is 0 Å². The molecule has 21 rings (SSSR count). The molecule has 0 unspecified atom stereocenters. The third-order valence-corrected chi connectivity index (χ3v) is 19.1. The molecule has 1 aliphatic rings. The van der Waals surface area contributed by atoms with Gasteiger partial charge in [-0.1, -0.05) is 188 Å². The van der Waals surface area contributed by atoms with E-state index in [1.807, 2.05) is 0 Å². The van der Waals surface area contributed by atoms with Crippen molar-refractivity contribution in [3.63, 3.8) is 0 Å². The van der Waals surface area contributed by atoms with Crippen molar-refractivity contribution in [1.29, 1.82) is 0 Å². The van der Waals surface area contributed by atoms with Crippen LogP contribution in [0.2, 0.25) is 0 Å². The summed E-state index contributed by atoms with van der Waals surface area (Å²) in [7, 11) is 0. The van der Waals surface area contributed by atoms with Crippen LogP contribution >= 0.6 is 0 Å². The summed E-state index contributed by atoms with van der Waals surface area (Å²) in [6.07, 6.45) is 0. The van der Waals surface area contributed by atoms with E-state index in [0.717, 1.165) is 0 Å². The predicted octanol–water partition coefficient (Wildman–Crippen LogP) is 21.7. The highest BCUT2D eigenvalue weighted by atomic mass is 14.4. The van der Waals surface area contributed by atoms with Crippen LogP contribution in [-0.4, -0.2) is 0 Å². The van der Waals surface area contributed by atoms with Crippen LogP contribution in [-0.2, 0) is 0 Å². The first-order chi connectivity index (χ1) is 37.7. The minimum Gasteiger partial charge on any atom is -0.0616 e. The molecule has 76 heavy (non-hydrogen) atoms. The summed E-state index contributed by atoms with van der Waals surface area (Å²) >= 11 is 0. The van der Waals surface area contributed by atoms with Crippen LogP contribution in [0.5, 0.6) is 0 Å². The van der Waals surface area contributed by atoms with Gasteiger partial charge >= 0.3 is 0 Å². The van der Waals surface area contributed by atoms with Gasteiger partial charge in [-0.2, -0.15) is 0 Å². The Labute approximate surface area is 432 Å². The van der Waals surface area contributed by atoms with Gasteiger partial charge in [0.25, 0.3) is 0 Å². The first kappa shape index (κ1) is 37.8. The van der Waals surface area contributed by atoms with Gasteiger partial charge in [-0.3, -0.25) is 0 Å². The highest BCUT2D eigenvalue weighted by Crippen LogP contribution is 2.62. The van der Waals surface area contributed by atoms with E-state index in [1.165, 1.54) is 217 Å². The quantitative estimate of drug-likeness (QED) is 0.120. The summed E-state index contributed by atoms with van der Waals surface area (Å²) in [5.41, 5.74) is 10.5. The van der Waals surface area contributed by atoms with Crippen molar-refractivity contribution in [3.05, 3.63) is 218 Å². The summed E-state index contributed by atoms with van der Waals surface area (Å²) in [6, 6.07) is 85.5. The molecule has 1 aliphatic carbocycles. The predicted molar refractivity (Wildman–Crippen MR) is 329 cm³/mol. The molecule has 0 aromatic heterocycles. The molecule has 0 fully saturated rings. The molecule has 0 nitrogen and oxygen atoms in total. The normalized spacial score (nSPS) is 13.3. The highest BCUT2D eigenvalue weighted by molar-refractivity contribution is 6.48. The smallest absolute Gasteiger partial charge is 0.000696 e. The van der Waals surface area contributed by atoms with E-state index < -0.39 is 0 Å². The Morgan fingerprint density at radius 1 is 0.132 bits per heavy atom. The molecule has 20 aromatic carbocycles. The van der Waals surface area contributed by atoms with E-state index in [2.05, 4.69) is 218 Å². The van der Waals surface area contributed by atoms with Crippen LogP contribution in [0.15, 0.2) is 218 Å². The van der Waals surface area contributed by atoms with Gasteiger partial charge in [0.1, 0.15) is 0 Å². The summed E-state index contributed by atoms with van der Waals surface area (Å²) < 4.78 is 0. The third-order valence-electron chi connectivity index (χ3n) is 19.1. The lowest BCUT2D eigenvalue weighted by Crippen LogP contribution is -1.98. The zero-order chi connectivity index (χ0) is 48.5. The Morgan fingerprint density at radius 3 is 0.908 bits per heavy atom. The maximum absolute atomic E-state index is 2.58. The topological polar surface area (TPSA) is 0 Å². The van der Waals surface area contributed by atoms with Crippen molar-refractivity contribution in [3.8, 4) is 44.5 Å². The van der Waals surface area contributed by atoms with E-state index in [-0.39, 0.29) is 0 Å². The Balaban J connectivity index is 1.02. The summed E-state index contributed by atoms with van der Waals surface area (Å²) in [5.74, 6) is 0.